The predicted octanol–water partition coefficient (Wildman–Crippen LogP) is 2.76. The third-order valence-electron chi connectivity index (χ3n) is 2.89. The molecule has 88 valence electrons. The summed E-state index contributed by atoms with van der Waals surface area (Å²) in [6, 6.07) is 1.91. The van der Waals surface area contributed by atoms with Gasteiger partial charge in [-0.3, -0.25) is 0 Å². The molecule has 2 rings (SSSR count). The zero-order chi connectivity index (χ0) is 11.7. The topological polar surface area (TPSA) is 35.2 Å². The number of halogens is 3. The fourth-order valence-electron chi connectivity index (χ4n) is 1.92. The van der Waals surface area contributed by atoms with Crippen LogP contribution in [-0.2, 0) is 4.74 Å². The second kappa shape index (κ2) is 4.77. The molecule has 1 aliphatic heterocycles. The van der Waals surface area contributed by atoms with E-state index in [1.807, 2.05) is 0 Å². The van der Waals surface area contributed by atoms with Gasteiger partial charge in [0.05, 0.1) is 11.1 Å². The molecule has 0 radical (unpaired) electrons. The van der Waals surface area contributed by atoms with Crippen LogP contribution in [0.2, 0.25) is 0 Å². The van der Waals surface area contributed by atoms with E-state index in [-0.39, 0.29) is 16.0 Å². The van der Waals surface area contributed by atoms with Gasteiger partial charge in [0.2, 0.25) is 0 Å². The molecule has 0 bridgehead atoms. The fraction of sp³-hybridized carbons (Fsp3) is 0.455. The molecule has 1 saturated heterocycles. The number of hydrogen-bond acceptors (Lipinski definition) is 2. The first-order valence-corrected chi connectivity index (χ1v) is 5.87. The lowest BCUT2D eigenvalue weighted by Gasteiger charge is -2.19. The number of hydrogen-bond donors (Lipinski definition) is 1. The van der Waals surface area contributed by atoms with Gasteiger partial charge in [0, 0.05) is 24.1 Å². The second-order valence-electron chi connectivity index (χ2n) is 3.91. The number of rotatable bonds is 2. The Kier molecular flexibility index (Phi) is 3.56. The van der Waals surface area contributed by atoms with Crippen LogP contribution < -0.4 is 5.73 Å². The highest BCUT2D eigenvalue weighted by Crippen LogP contribution is 2.32. The molecule has 1 aromatic carbocycles. The lowest BCUT2D eigenvalue weighted by molar-refractivity contribution is 0.180. The first kappa shape index (κ1) is 12.0. The Labute approximate surface area is 101 Å². The van der Waals surface area contributed by atoms with Crippen LogP contribution in [0.15, 0.2) is 16.6 Å². The summed E-state index contributed by atoms with van der Waals surface area (Å²) < 4.78 is 32.7. The van der Waals surface area contributed by atoms with Crippen LogP contribution in [0.25, 0.3) is 0 Å². The van der Waals surface area contributed by atoms with Gasteiger partial charge in [0.15, 0.2) is 0 Å². The number of nitrogens with two attached hydrogens (primary N) is 1. The Morgan fingerprint density at radius 3 is 2.81 bits per heavy atom. The molecule has 2 nitrogen and oxygen atoms in total. The van der Waals surface area contributed by atoms with Gasteiger partial charge in [-0.1, -0.05) is 0 Å². The highest BCUT2D eigenvalue weighted by Gasteiger charge is 2.29. The Bertz CT molecular complexity index is 394. The first-order chi connectivity index (χ1) is 7.61. The molecule has 2 unspecified atom stereocenters. The molecule has 16 heavy (non-hydrogen) atoms. The Balaban J connectivity index is 2.34. The molecular weight excluding hydrogens is 280 g/mol. The van der Waals surface area contributed by atoms with Crippen molar-refractivity contribution < 1.29 is 13.5 Å². The van der Waals surface area contributed by atoms with E-state index in [1.54, 1.807) is 0 Å². The molecule has 2 N–H and O–H groups in total. The monoisotopic (exact) mass is 291 g/mol. The van der Waals surface area contributed by atoms with Crippen LogP contribution in [0.4, 0.5) is 8.78 Å². The second-order valence-corrected chi connectivity index (χ2v) is 4.76. The highest BCUT2D eigenvalue weighted by molar-refractivity contribution is 9.10. The van der Waals surface area contributed by atoms with Crippen molar-refractivity contribution >= 4 is 15.9 Å². The lowest BCUT2D eigenvalue weighted by Crippen LogP contribution is -2.24. The molecule has 0 amide bonds. The van der Waals surface area contributed by atoms with E-state index in [2.05, 4.69) is 15.9 Å². The summed E-state index contributed by atoms with van der Waals surface area (Å²) in [6.07, 6.45) is 0.743. The van der Waals surface area contributed by atoms with Gasteiger partial charge >= 0.3 is 0 Å². The molecule has 1 aliphatic rings. The molecule has 0 aliphatic carbocycles. The third kappa shape index (κ3) is 2.12. The van der Waals surface area contributed by atoms with Crippen LogP contribution in [0.1, 0.15) is 18.0 Å². The minimum absolute atomic E-state index is 0.0155. The van der Waals surface area contributed by atoms with E-state index in [1.165, 1.54) is 12.1 Å². The third-order valence-corrected chi connectivity index (χ3v) is 3.50. The smallest absolute Gasteiger partial charge is 0.145 e. The Morgan fingerprint density at radius 2 is 2.19 bits per heavy atom. The van der Waals surface area contributed by atoms with Crippen molar-refractivity contribution in [1.82, 2.24) is 0 Å². The van der Waals surface area contributed by atoms with Gasteiger partial charge in [-0.05, 0) is 34.5 Å². The van der Waals surface area contributed by atoms with Crippen LogP contribution >= 0.6 is 15.9 Å². The van der Waals surface area contributed by atoms with Crippen LogP contribution in [-0.4, -0.2) is 13.2 Å². The van der Waals surface area contributed by atoms with Gasteiger partial charge in [-0.15, -0.1) is 0 Å². The van der Waals surface area contributed by atoms with Crippen molar-refractivity contribution in [3.63, 3.8) is 0 Å². The number of benzene rings is 1. The van der Waals surface area contributed by atoms with Crippen LogP contribution in [0.5, 0.6) is 0 Å². The van der Waals surface area contributed by atoms with E-state index >= 15 is 0 Å². The molecule has 0 spiro atoms. The van der Waals surface area contributed by atoms with E-state index < -0.39 is 17.7 Å². The Hall–Kier alpha value is -0.520. The van der Waals surface area contributed by atoms with E-state index in [4.69, 9.17) is 10.5 Å². The van der Waals surface area contributed by atoms with Gasteiger partial charge < -0.3 is 10.5 Å². The van der Waals surface area contributed by atoms with Crippen molar-refractivity contribution in [2.45, 2.75) is 12.5 Å². The summed E-state index contributed by atoms with van der Waals surface area (Å²) >= 11 is 3.03. The molecule has 1 heterocycles. The van der Waals surface area contributed by atoms with Gasteiger partial charge in [-0.2, -0.15) is 0 Å². The van der Waals surface area contributed by atoms with Gasteiger partial charge in [0.1, 0.15) is 11.6 Å². The van der Waals surface area contributed by atoms with E-state index in [9.17, 15) is 8.78 Å². The van der Waals surface area contributed by atoms with E-state index in [0.29, 0.717) is 13.2 Å². The minimum Gasteiger partial charge on any atom is -0.381 e. The number of ether oxygens (including phenoxy) is 1. The molecule has 0 saturated carbocycles. The first-order valence-electron chi connectivity index (χ1n) is 5.08. The molecule has 2 atom stereocenters. The molecule has 5 heteroatoms. The lowest BCUT2D eigenvalue weighted by atomic mass is 9.92. The summed E-state index contributed by atoms with van der Waals surface area (Å²) in [4.78, 5) is 0. The van der Waals surface area contributed by atoms with Crippen molar-refractivity contribution in [3.8, 4) is 0 Å². The van der Waals surface area contributed by atoms with Crippen LogP contribution in [0, 0.1) is 17.6 Å². The maximum absolute atomic E-state index is 13.8. The summed E-state index contributed by atoms with van der Waals surface area (Å²) in [6.45, 7) is 1.07. The molecule has 0 aromatic heterocycles. The predicted molar refractivity (Wildman–Crippen MR) is 59.9 cm³/mol. The minimum atomic E-state index is -0.653. The normalized spacial score (nSPS) is 22.4. The molecule has 1 fully saturated rings. The van der Waals surface area contributed by atoms with Crippen molar-refractivity contribution in [2.75, 3.05) is 13.2 Å². The highest BCUT2D eigenvalue weighted by atomic mass is 79.9. The fourth-order valence-corrected chi connectivity index (χ4v) is 2.27. The van der Waals surface area contributed by atoms with Gasteiger partial charge in [-0.25, -0.2) is 8.78 Å². The SMILES string of the molecule is NC(c1c(F)ccc(Br)c1F)C1CCOC1. The zero-order valence-electron chi connectivity index (χ0n) is 8.55. The summed E-state index contributed by atoms with van der Waals surface area (Å²) in [7, 11) is 0. The quantitative estimate of drug-likeness (QED) is 0.851. The maximum Gasteiger partial charge on any atom is 0.145 e. The van der Waals surface area contributed by atoms with E-state index in [0.717, 1.165) is 6.42 Å². The zero-order valence-corrected chi connectivity index (χ0v) is 10.1. The summed E-state index contributed by atoms with van der Waals surface area (Å²) in [5, 5.41) is 0. The Morgan fingerprint density at radius 1 is 1.44 bits per heavy atom. The van der Waals surface area contributed by atoms with Crippen molar-refractivity contribution in [2.24, 2.45) is 11.7 Å². The summed E-state index contributed by atoms with van der Waals surface area (Å²) in [5.74, 6) is -1.22. The average Bonchev–Trinajstić information content (AvgIpc) is 2.77. The molecular formula is C11H12BrF2NO. The van der Waals surface area contributed by atoms with Gasteiger partial charge in [0.25, 0.3) is 0 Å². The van der Waals surface area contributed by atoms with Crippen molar-refractivity contribution in [3.05, 3.63) is 33.8 Å². The average molecular weight is 292 g/mol. The largest absolute Gasteiger partial charge is 0.381 e. The maximum atomic E-state index is 13.8. The summed E-state index contributed by atoms with van der Waals surface area (Å²) in [5.41, 5.74) is 5.84. The van der Waals surface area contributed by atoms with Crippen molar-refractivity contribution in [1.29, 1.82) is 0 Å². The standard InChI is InChI=1S/C11H12BrF2NO/c12-7-1-2-8(13)9(10(7)14)11(15)6-3-4-16-5-6/h1-2,6,11H,3-5,15H2. The molecule has 1 aromatic rings. The van der Waals surface area contributed by atoms with Crippen LogP contribution in [0.3, 0.4) is 0 Å².